The number of rotatable bonds is 3. The quantitative estimate of drug-likeness (QED) is 0.820. The van der Waals surface area contributed by atoms with Gasteiger partial charge in [-0.25, -0.2) is 0 Å². The highest BCUT2D eigenvalue weighted by molar-refractivity contribution is 7.98. The van der Waals surface area contributed by atoms with Gasteiger partial charge >= 0.3 is 0 Å². The van der Waals surface area contributed by atoms with Crippen molar-refractivity contribution in [1.29, 1.82) is 0 Å². The van der Waals surface area contributed by atoms with Crippen LogP contribution in [-0.2, 0) is 0 Å². The van der Waals surface area contributed by atoms with E-state index >= 15 is 0 Å². The molecule has 0 bridgehead atoms. The van der Waals surface area contributed by atoms with Gasteiger partial charge in [-0.1, -0.05) is 0 Å². The summed E-state index contributed by atoms with van der Waals surface area (Å²) in [6.45, 7) is 1.88. The molecule has 0 spiro atoms. The van der Waals surface area contributed by atoms with Crippen LogP contribution in [0.2, 0.25) is 0 Å². The second-order valence-corrected chi connectivity index (χ2v) is 4.50. The fourth-order valence-electron chi connectivity index (χ4n) is 1.41. The van der Waals surface area contributed by atoms with Gasteiger partial charge in [0.15, 0.2) is 5.82 Å². The van der Waals surface area contributed by atoms with Gasteiger partial charge in [-0.15, -0.1) is 11.8 Å². The van der Waals surface area contributed by atoms with E-state index < -0.39 is 0 Å². The van der Waals surface area contributed by atoms with Crippen molar-refractivity contribution in [2.24, 2.45) is 0 Å². The Morgan fingerprint density at radius 1 is 1.35 bits per heavy atom. The zero-order valence-corrected chi connectivity index (χ0v) is 10.5. The largest absolute Gasteiger partial charge is 0.305 e. The van der Waals surface area contributed by atoms with Crippen LogP contribution >= 0.6 is 11.8 Å². The second kappa shape index (κ2) is 5.05. The Balaban J connectivity index is 2.09. The number of hydrogen-bond donors (Lipinski definition) is 2. The summed E-state index contributed by atoms with van der Waals surface area (Å²) >= 11 is 1.65. The molecule has 2 rings (SSSR count). The lowest BCUT2D eigenvalue weighted by atomic mass is 10.2. The number of benzene rings is 1. The number of aromatic nitrogens is 2. The predicted molar refractivity (Wildman–Crippen MR) is 69.5 cm³/mol. The lowest BCUT2D eigenvalue weighted by Gasteiger charge is -2.02. The molecule has 0 atom stereocenters. The number of H-pyrrole nitrogens is 1. The van der Waals surface area contributed by atoms with Crippen molar-refractivity contribution in [3.63, 3.8) is 0 Å². The molecule has 1 aromatic carbocycles. The Bertz CT molecular complexity index is 519. The molecule has 0 fully saturated rings. The molecule has 0 aliphatic rings. The summed E-state index contributed by atoms with van der Waals surface area (Å²) in [5.41, 5.74) is 1.54. The van der Waals surface area contributed by atoms with Crippen molar-refractivity contribution < 1.29 is 4.79 Å². The van der Waals surface area contributed by atoms with E-state index in [0.29, 0.717) is 11.4 Å². The van der Waals surface area contributed by atoms with Crippen LogP contribution in [0, 0.1) is 6.92 Å². The van der Waals surface area contributed by atoms with Gasteiger partial charge in [0.05, 0.1) is 0 Å². The molecule has 0 saturated carbocycles. The summed E-state index contributed by atoms with van der Waals surface area (Å²) in [6.07, 6.45) is 2.00. The molecular formula is C12H13N3OS. The average Bonchev–Trinajstić information content (AvgIpc) is 2.75. The maximum Gasteiger partial charge on any atom is 0.256 e. The first kappa shape index (κ1) is 11.7. The zero-order chi connectivity index (χ0) is 12.3. The summed E-state index contributed by atoms with van der Waals surface area (Å²) in [5, 5.41) is 9.46. The topological polar surface area (TPSA) is 57.8 Å². The van der Waals surface area contributed by atoms with Crippen LogP contribution in [-0.4, -0.2) is 22.4 Å². The molecule has 0 aliphatic carbocycles. The molecule has 5 heteroatoms. The summed E-state index contributed by atoms with van der Waals surface area (Å²) in [4.78, 5) is 13.0. The predicted octanol–water partition coefficient (Wildman–Crippen LogP) is 2.69. The Hall–Kier alpha value is -1.75. The molecule has 0 aliphatic heterocycles. The number of carbonyl (C=O) groups excluding carboxylic acids is 1. The summed E-state index contributed by atoms with van der Waals surface area (Å²) in [7, 11) is 0. The van der Waals surface area contributed by atoms with Crippen LogP contribution in [0.3, 0.4) is 0 Å². The molecule has 0 unspecified atom stereocenters. The Morgan fingerprint density at radius 2 is 2.06 bits per heavy atom. The van der Waals surface area contributed by atoms with Gasteiger partial charge < -0.3 is 5.32 Å². The number of carbonyl (C=O) groups is 1. The van der Waals surface area contributed by atoms with Crippen LogP contribution < -0.4 is 5.32 Å². The van der Waals surface area contributed by atoms with Gasteiger partial charge in [-0.2, -0.15) is 5.10 Å². The van der Waals surface area contributed by atoms with Crippen molar-refractivity contribution in [3.8, 4) is 0 Å². The average molecular weight is 247 g/mol. The lowest BCUT2D eigenvalue weighted by Crippen LogP contribution is -2.11. The van der Waals surface area contributed by atoms with Crippen LogP contribution in [0.1, 0.15) is 16.1 Å². The number of anilines is 1. The fourth-order valence-corrected chi connectivity index (χ4v) is 1.82. The second-order valence-electron chi connectivity index (χ2n) is 3.62. The van der Waals surface area contributed by atoms with Crippen LogP contribution in [0.4, 0.5) is 5.82 Å². The highest BCUT2D eigenvalue weighted by atomic mass is 32.2. The van der Waals surface area contributed by atoms with Crippen molar-refractivity contribution in [1.82, 2.24) is 10.2 Å². The highest BCUT2D eigenvalue weighted by Crippen LogP contribution is 2.15. The summed E-state index contributed by atoms with van der Waals surface area (Å²) in [6, 6.07) is 9.25. The molecule has 2 N–H and O–H groups in total. The van der Waals surface area contributed by atoms with E-state index in [1.165, 1.54) is 0 Å². The normalized spacial score (nSPS) is 10.2. The third-order valence-corrected chi connectivity index (χ3v) is 3.04. The lowest BCUT2D eigenvalue weighted by molar-refractivity contribution is 0.102. The maximum atomic E-state index is 11.9. The minimum Gasteiger partial charge on any atom is -0.305 e. The molecule has 88 valence electrons. The Labute approximate surface area is 104 Å². The summed E-state index contributed by atoms with van der Waals surface area (Å²) < 4.78 is 0. The molecule has 0 saturated heterocycles. The number of nitrogens with zero attached hydrogens (tertiary/aromatic N) is 1. The Morgan fingerprint density at radius 3 is 2.59 bits per heavy atom. The van der Waals surface area contributed by atoms with Crippen molar-refractivity contribution >= 4 is 23.5 Å². The SMILES string of the molecule is CSc1ccc(C(=O)Nc2cc(C)[nH]n2)cc1. The van der Waals surface area contributed by atoms with Gasteiger partial charge in [0.2, 0.25) is 0 Å². The van der Waals surface area contributed by atoms with Gasteiger partial charge in [0.1, 0.15) is 0 Å². The van der Waals surface area contributed by atoms with Gasteiger partial charge in [0.25, 0.3) is 5.91 Å². The minimum absolute atomic E-state index is 0.149. The van der Waals surface area contributed by atoms with Gasteiger partial charge in [-0.3, -0.25) is 9.89 Å². The third-order valence-electron chi connectivity index (χ3n) is 2.30. The van der Waals surface area contributed by atoms with E-state index in [1.54, 1.807) is 30.0 Å². The highest BCUT2D eigenvalue weighted by Gasteiger charge is 2.07. The van der Waals surface area contributed by atoms with Crippen LogP contribution in [0.25, 0.3) is 0 Å². The molecule has 1 aromatic heterocycles. The molecule has 1 heterocycles. The number of aryl methyl sites for hydroxylation is 1. The zero-order valence-electron chi connectivity index (χ0n) is 9.65. The number of nitrogens with one attached hydrogen (secondary N) is 2. The third kappa shape index (κ3) is 2.88. The number of amides is 1. The molecular weight excluding hydrogens is 234 g/mol. The van der Waals surface area contributed by atoms with E-state index in [2.05, 4.69) is 15.5 Å². The molecule has 2 aromatic rings. The molecule has 17 heavy (non-hydrogen) atoms. The fraction of sp³-hybridized carbons (Fsp3) is 0.167. The van der Waals surface area contributed by atoms with E-state index in [9.17, 15) is 4.79 Å². The van der Waals surface area contributed by atoms with Crippen LogP contribution in [0.5, 0.6) is 0 Å². The standard InChI is InChI=1S/C12H13N3OS/c1-8-7-11(15-14-8)13-12(16)9-3-5-10(17-2)6-4-9/h3-7H,1-2H3,(H2,13,14,15,16). The first-order chi connectivity index (χ1) is 8.19. The first-order valence-corrected chi connectivity index (χ1v) is 6.39. The maximum absolute atomic E-state index is 11.9. The van der Waals surface area contributed by atoms with E-state index in [-0.39, 0.29) is 5.91 Å². The van der Waals surface area contributed by atoms with E-state index in [1.807, 2.05) is 25.3 Å². The Kier molecular flexibility index (Phi) is 3.49. The van der Waals surface area contributed by atoms with Gasteiger partial charge in [0, 0.05) is 22.2 Å². The minimum atomic E-state index is -0.149. The monoisotopic (exact) mass is 247 g/mol. The molecule has 4 nitrogen and oxygen atoms in total. The van der Waals surface area contributed by atoms with Gasteiger partial charge in [-0.05, 0) is 37.4 Å². The summed E-state index contributed by atoms with van der Waals surface area (Å²) in [5.74, 6) is 0.394. The van der Waals surface area contributed by atoms with Crippen molar-refractivity contribution in [3.05, 3.63) is 41.6 Å². The van der Waals surface area contributed by atoms with Crippen LogP contribution in [0.15, 0.2) is 35.2 Å². The number of aromatic amines is 1. The number of hydrogen-bond acceptors (Lipinski definition) is 3. The number of thioether (sulfide) groups is 1. The van der Waals surface area contributed by atoms with E-state index in [0.717, 1.165) is 10.6 Å². The molecule has 1 amide bonds. The first-order valence-electron chi connectivity index (χ1n) is 5.16. The molecule has 0 radical (unpaired) electrons. The smallest absolute Gasteiger partial charge is 0.256 e. The van der Waals surface area contributed by atoms with E-state index in [4.69, 9.17) is 0 Å². The van der Waals surface area contributed by atoms with Crippen molar-refractivity contribution in [2.45, 2.75) is 11.8 Å². The van der Waals surface area contributed by atoms with Crippen molar-refractivity contribution in [2.75, 3.05) is 11.6 Å².